The van der Waals surface area contributed by atoms with Crippen molar-refractivity contribution in [3.05, 3.63) is 23.8 Å². The smallest absolute Gasteiger partial charge is 0.409 e. The summed E-state index contributed by atoms with van der Waals surface area (Å²) in [6, 6.07) is 5.06. The molecule has 1 aromatic rings. The molecule has 24 heavy (non-hydrogen) atoms. The van der Waals surface area contributed by atoms with Gasteiger partial charge >= 0.3 is 6.09 Å². The molecule has 1 aliphatic heterocycles. The molecule has 0 N–H and O–H groups in total. The molecule has 0 saturated carbocycles. The predicted molar refractivity (Wildman–Crippen MR) is 89.7 cm³/mol. The highest BCUT2D eigenvalue weighted by Gasteiger charge is 2.32. The van der Waals surface area contributed by atoms with Crippen LogP contribution in [0, 0.1) is 6.92 Å². The van der Waals surface area contributed by atoms with E-state index < -0.39 is 16.1 Å². The summed E-state index contributed by atoms with van der Waals surface area (Å²) >= 11 is 0. The summed E-state index contributed by atoms with van der Waals surface area (Å²) in [7, 11) is -3.66. The van der Waals surface area contributed by atoms with Crippen molar-refractivity contribution in [1.82, 2.24) is 9.21 Å². The van der Waals surface area contributed by atoms with Gasteiger partial charge in [-0.05, 0) is 38.5 Å². The molecule has 0 aromatic heterocycles. The van der Waals surface area contributed by atoms with Crippen LogP contribution in [0.3, 0.4) is 0 Å². The van der Waals surface area contributed by atoms with Crippen LogP contribution in [0.5, 0.6) is 5.75 Å². The van der Waals surface area contributed by atoms with E-state index in [0.717, 1.165) is 5.56 Å². The average Bonchev–Trinajstić information content (AvgIpc) is 2.55. The van der Waals surface area contributed by atoms with Gasteiger partial charge in [0.2, 0.25) is 10.0 Å². The maximum atomic E-state index is 12.9. The molecule has 1 fully saturated rings. The lowest BCUT2D eigenvalue weighted by Crippen LogP contribution is -2.50. The minimum absolute atomic E-state index is 0.166. The van der Waals surface area contributed by atoms with Gasteiger partial charge in [-0.25, -0.2) is 13.2 Å². The van der Waals surface area contributed by atoms with Gasteiger partial charge in [-0.1, -0.05) is 6.07 Å². The lowest BCUT2D eigenvalue weighted by atomic mass is 10.2. The zero-order valence-electron chi connectivity index (χ0n) is 14.3. The van der Waals surface area contributed by atoms with Gasteiger partial charge in [0.25, 0.3) is 0 Å². The number of carbonyl (C=O) groups is 1. The Bertz CT molecular complexity index is 682. The van der Waals surface area contributed by atoms with Gasteiger partial charge in [0, 0.05) is 26.2 Å². The second-order valence-electron chi connectivity index (χ2n) is 5.47. The second kappa shape index (κ2) is 7.85. The quantitative estimate of drug-likeness (QED) is 0.805. The van der Waals surface area contributed by atoms with Crippen molar-refractivity contribution in [2.45, 2.75) is 25.7 Å². The van der Waals surface area contributed by atoms with Crippen molar-refractivity contribution >= 4 is 16.1 Å². The number of aryl methyl sites for hydroxylation is 1. The van der Waals surface area contributed by atoms with Crippen LogP contribution in [0.2, 0.25) is 0 Å². The van der Waals surface area contributed by atoms with E-state index in [4.69, 9.17) is 9.47 Å². The van der Waals surface area contributed by atoms with Crippen LogP contribution in [0.4, 0.5) is 4.79 Å². The average molecular weight is 356 g/mol. The SMILES string of the molecule is CCOC(=O)N1CCN(S(=O)(=O)c2ccc(C)cc2OCC)CC1. The summed E-state index contributed by atoms with van der Waals surface area (Å²) in [5, 5.41) is 0. The normalized spacial score (nSPS) is 16.0. The number of nitrogens with zero attached hydrogens (tertiary/aromatic N) is 2. The molecule has 0 atom stereocenters. The summed E-state index contributed by atoms with van der Waals surface area (Å²) in [6.07, 6.45) is -0.403. The number of rotatable bonds is 5. The van der Waals surface area contributed by atoms with Crippen molar-refractivity contribution in [3.63, 3.8) is 0 Å². The van der Waals surface area contributed by atoms with Gasteiger partial charge in [0.1, 0.15) is 10.6 Å². The monoisotopic (exact) mass is 356 g/mol. The highest BCUT2D eigenvalue weighted by atomic mass is 32.2. The van der Waals surface area contributed by atoms with Crippen LogP contribution in [-0.4, -0.2) is 63.1 Å². The van der Waals surface area contributed by atoms with Crippen LogP contribution in [0.25, 0.3) is 0 Å². The zero-order chi connectivity index (χ0) is 17.7. The van der Waals surface area contributed by atoms with Gasteiger partial charge in [-0.15, -0.1) is 0 Å². The predicted octanol–water partition coefficient (Wildman–Crippen LogP) is 1.86. The molecule has 7 nitrogen and oxygen atoms in total. The fraction of sp³-hybridized carbons (Fsp3) is 0.562. The molecule has 2 rings (SSSR count). The standard InChI is InChI=1S/C16H24N2O5S/c1-4-22-14-12-13(3)6-7-15(14)24(20,21)18-10-8-17(9-11-18)16(19)23-5-2/h6-7,12H,4-5,8-11H2,1-3H3. The molecule has 1 saturated heterocycles. The fourth-order valence-corrected chi connectivity index (χ4v) is 4.10. The number of carbonyl (C=O) groups excluding carboxylic acids is 1. The molecule has 1 aromatic carbocycles. The molecule has 1 amide bonds. The van der Waals surface area contributed by atoms with Gasteiger partial charge in [-0.3, -0.25) is 0 Å². The van der Waals surface area contributed by atoms with Crippen LogP contribution in [0.15, 0.2) is 23.1 Å². The Hall–Kier alpha value is -1.80. The van der Waals surface area contributed by atoms with Crippen LogP contribution in [-0.2, 0) is 14.8 Å². The second-order valence-corrected chi connectivity index (χ2v) is 7.38. The van der Waals surface area contributed by atoms with E-state index in [0.29, 0.717) is 32.1 Å². The number of hydrogen-bond acceptors (Lipinski definition) is 5. The summed E-state index contributed by atoms with van der Waals surface area (Å²) in [5.74, 6) is 0.366. The fourth-order valence-electron chi connectivity index (χ4n) is 2.56. The molecule has 8 heteroatoms. The highest BCUT2D eigenvalue weighted by molar-refractivity contribution is 7.89. The summed E-state index contributed by atoms with van der Waals surface area (Å²) in [5.41, 5.74) is 0.935. The lowest BCUT2D eigenvalue weighted by molar-refractivity contribution is 0.0933. The molecule has 0 radical (unpaired) electrons. The van der Waals surface area contributed by atoms with Crippen molar-refractivity contribution in [1.29, 1.82) is 0 Å². The lowest BCUT2D eigenvalue weighted by Gasteiger charge is -2.33. The molecule has 1 heterocycles. The number of sulfonamides is 1. The third kappa shape index (κ3) is 3.99. The summed E-state index contributed by atoms with van der Waals surface area (Å²) in [4.78, 5) is 13.4. The van der Waals surface area contributed by atoms with Crippen molar-refractivity contribution in [2.75, 3.05) is 39.4 Å². The van der Waals surface area contributed by atoms with Crippen LogP contribution < -0.4 is 4.74 Å². The van der Waals surface area contributed by atoms with E-state index in [1.165, 1.54) is 9.21 Å². The van der Waals surface area contributed by atoms with Crippen molar-refractivity contribution in [3.8, 4) is 5.75 Å². The van der Waals surface area contributed by atoms with Gasteiger partial charge in [-0.2, -0.15) is 4.31 Å². The number of benzene rings is 1. The number of amides is 1. The Labute approximate surface area is 143 Å². The molecule has 1 aliphatic rings. The number of hydrogen-bond donors (Lipinski definition) is 0. The van der Waals surface area contributed by atoms with Crippen LogP contribution in [0.1, 0.15) is 19.4 Å². The largest absolute Gasteiger partial charge is 0.492 e. The first-order valence-corrected chi connectivity index (χ1v) is 9.49. The molecule has 0 unspecified atom stereocenters. The third-order valence-electron chi connectivity index (χ3n) is 3.78. The van der Waals surface area contributed by atoms with Crippen molar-refractivity contribution < 1.29 is 22.7 Å². The molecular formula is C16H24N2O5S. The van der Waals surface area contributed by atoms with Gasteiger partial charge < -0.3 is 14.4 Å². The summed E-state index contributed by atoms with van der Waals surface area (Å²) in [6.45, 7) is 7.24. The first-order chi connectivity index (χ1) is 11.4. The summed E-state index contributed by atoms with van der Waals surface area (Å²) < 4.78 is 37.6. The van der Waals surface area contributed by atoms with E-state index >= 15 is 0 Å². The van der Waals surface area contributed by atoms with E-state index in [1.54, 1.807) is 25.1 Å². The highest BCUT2D eigenvalue weighted by Crippen LogP contribution is 2.28. The van der Waals surface area contributed by atoms with E-state index in [2.05, 4.69) is 0 Å². The van der Waals surface area contributed by atoms with Crippen molar-refractivity contribution in [2.24, 2.45) is 0 Å². The Morgan fingerprint density at radius 3 is 2.38 bits per heavy atom. The molecule has 0 aliphatic carbocycles. The van der Waals surface area contributed by atoms with Gasteiger partial charge in [0.05, 0.1) is 13.2 Å². The van der Waals surface area contributed by atoms with E-state index in [1.807, 2.05) is 13.8 Å². The molecule has 0 spiro atoms. The number of ether oxygens (including phenoxy) is 2. The number of piperazine rings is 1. The Morgan fingerprint density at radius 1 is 1.12 bits per heavy atom. The molecular weight excluding hydrogens is 332 g/mol. The Balaban J connectivity index is 2.16. The Morgan fingerprint density at radius 2 is 1.79 bits per heavy atom. The van der Waals surface area contributed by atoms with Gasteiger partial charge in [0.15, 0.2) is 0 Å². The Kier molecular flexibility index (Phi) is 6.06. The van der Waals surface area contributed by atoms with E-state index in [-0.39, 0.29) is 18.0 Å². The first-order valence-electron chi connectivity index (χ1n) is 8.05. The minimum atomic E-state index is -3.66. The van der Waals surface area contributed by atoms with Crippen LogP contribution >= 0.6 is 0 Å². The van der Waals surface area contributed by atoms with E-state index in [9.17, 15) is 13.2 Å². The maximum absolute atomic E-state index is 12.9. The zero-order valence-corrected chi connectivity index (χ0v) is 15.1. The first kappa shape index (κ1) is 18.5. The maximum Gasteiger partial charge on any atom is 0.409 e. The third-order valence-corrected chi connectivity index (χ3v) is 5.72. The topological polar surface area (TPSA) is 76.2 Å². The molecule has 0 bridgehead atoms. The molecule has 134 valence electrons. The minimum Gasteiger partial charge on any atom is -0.492 e.